The van der Waals surface area contributed by atoms with Gasteiger partial charge in [0, 0.05) is 22.3 Å². The summed E-state index contributed by atoms with van der Waals surface area (Å²) >= 11 is 13.3. The maximum Gasteiger partial charge on any atom is 0.283 e. The molecule has 12 heteroatoms. The molecule has 0 saturated heterocycles. The van der Waals surface area contributed by atoms with E-state index < -0.39 is 21.8 Å². The van der Waals surface area contributed by atoms with Crippen LogP contribution in [-0.4, -0.2) is 25.2 Å². The number of benzene rings is 2. The lowest BCUT2D eigenvalue weighted by atomic mass is 10.2. The number of hydrogen-bond donors (Lipinski definition) is 2. The predicted molar refractivity (Wildman–Crippen MR) is 125 cm³/mol. The van der Waals surface area contributed by atoms with Crippen molar-refractivity contribution in [1.29, 1.82) is 0 Å². The highest BCUT2D eigenvalue weighted by molar-refractivity contribution is 7.93. The molecule has 2 amide bonds. The molecule has 0 bridgehead atoms. The van der Waals surface area contributed by atoms with Crippen LogP contribution in [0, 0.1) is 6.92 Å². The van der Waals surface area contributed by atoms with Gasteiger partial charge in [-0.15, -0.1) is 11.3 Å². The molecule has 1 aliphatic heterocycles. The molecule has 0 atom stereocenters. The highest BCUT2D eigenvalue weighted by atomic mass is 35.5. The number of rotatable bonds is 6. The van der Waals surface area contributed by atoms with Crippen molar-refractivity contribution >= 4 is 72.9 Å². The number of nitrogens with zero attached hydrogens (tertiary/aromatic N) is 2. The average molecular weight is 509 g/mol. The Bertz CT molecular complexity index is 1350. The minimum Gasteiger partial charge on any atom is -0.350 e. The van der Waals surface area contributed by atoms with Gasteiger partial charge in [0.25, 0.3) is 21.8 Å². The molecule has 4 rings (SSSR count). The number of anilines is 3. The van der Waals surface area contributed by atoms with Gasteiger partial charge in [-0.05, 0) is 55.0 Å². The minimum atomic E-state index is -3.82. The van der Waals surface area contributed by atoms with Gasteiger partial charge < -0.3 is 5.32 Å². The Morgan fingerprint density at radius 3 is 2.38 bits per heavy atom. The number of sulfonamides is 1. The number of carbonyl (C=O) groups excluding carboxylic acids is 2. The molecule has 0 spiro atoms. The van der Waals surface area contributed by atoms with Gasteiger partial charge in [0.1, 0.15) is 10.7 Å². The summed E-state index contributed by atoms with van der Waals surface area (Å²) in [5, 5.41) is 4.91. The number of nitrogens with one attached hydrogen (secondary N) is 2. The summed E-state index contributed by atoms with van der Waals surface area (Å²) in [5.41, 5.74) is 1.27. The largest absolute Gasteiger partial charge is 0.350 e. The fourth-order valence-corrected chi connectivity index (χ4v) is 5.24. The zero-order valence-electron chi connectivity index (χ0n) is 16.3. The topological polar surface area (TPSA) is 108 Å². The molecule has 0 aliphatic carbocycles. The highest BCUT2D eigenvalue weighted by Gasteiger charge is 2.39. The van der Waals surface area contributed by atoms with Gasteiger partial charge >= 0.3 is 0 Å². The SMILES string of the molecule is Cc1cc(Cl)ccc1N1C(=O)C(Cl)=C(Nc2ccc(S(=O)(=O)Nc3nccs3)cc2)C1=O. The molecule has 2 heterocycles. The van der Waals surface area contributed by atoms with E-state index in [1.165, 1.54) is 30.5 Å². The van der Waals surface area contributed by atoms with Crippen molar-refractivity contribution in [2.24, 2.45) is 0 Å². The lowest BCUT2D eigenvalue weighted by Gasteiger charge is -2.17. The zero-order valence-corrected chi connectivity index (χ0v) is 19.4. The van der Waals surface area contributed by atoms with Crippen molar-refractivity contribution < 1.29 is 18.0 Å². The molecule has 164 valence electrons. The lowest BCUT2D eigenvalue weighted by molar-refractivity contribution is -0.120. The Labute approximate surface area is 197 Å². The number of carbonyl (C=O) groups is 2. The molecule has 3 aromatic rings. The van der Waals surface area contributed by atoms with E-state index in [9.17, 15) is 18.0 Å². The molecular formula is C20H14Cl2N4O4S2. The van der Waals surface area contributed by atoms with Crippen LogP contribution in [0.3, 0.4) is 0 Å². The standard InChI is InChI=1S/C20H14Cl2N4O4S2/c1-11-10-12(21)2-7-15(11)26-18(27)16(22)17(19(26)28)24-13-3-5-14(6-4-13)32(29,30)25-20-23-8-9-31-20/h2-10,24H,1H3,(H,23,25). The van der Waals surface area contributed by atoms with Gasteiger partial charge in [-0.2, -0.15) is 0 Å². The zero-order chi connectivity index (χ0) is 23.0. The van der Waals surface area contributed by atoms with Gasteiger partial charge in [0.2, 0.25) is 0 Å². The van der Waals surface area contributed by atoms with E-state index in [2.05, 4.69) is 15.0 Å². The van der Waals surface area contributed by atoms with E-state index in [0.29, 0.717) is 22.0 Å². The molecular weight excluding hydrogens is 495 g/mol. The maximum atomic E-state index is 12.9. The number of aromatic nitrogens is 1. The lowest BCUT2D eigenvalue weighted by Crippen LogP contribution is -2.32. The Morgan fingerprint density at radius 1 is 1.03 bits per heavy atom. The van der Waals surface area contributed by atoms with E-state index in [4.69, 9.17) is 23.2 Å². The van der Waals surface area contributed by atoms with Crippen LogP contribution >= 0.6 is 34.5 Å². The summed E-state index contributed by atoms with van der Waals surface area (Å²) in [7, 11) is -3.82. The van der Waals surface area contributed by atoms with E-state index in [1.54, 1.807) is 30.5 Å². The van der Waals surface area contributed by atoms with Gasteiger partial charge in [0.05, 0.1) is 10.6 Å². The normalized spacial score (nSPS) is 14.3. The molecule has 32 heavy (non-hydrogen) atoms. The van der Waals surface area contributed by atoms with Gasteiger partial charge in [-0.1, -0.05) is 23.2 Å². The summed E-state index contributed by atoms with van der Waals surface area (Å²) in [5.74, 6) is -1.30. The highest BCUT2D eigenvalue weighted by Crippen LogP contribution is 2.33. The Hall–Kier alpha value is -2.92. The first kappa shape index (κ1) is 22.3. The smallest absolute Gasteiger partial charge is 0.283 e. The van der Waals surface area contributed by atoms with E-state index in [0.717, 1.165) is 16.2 Å². The summed E-state index contributed by atoms with van der Waals surface area (Å²) in [4.78, 5) is 30.4. The molecule has 0 fully saturated rings. The van der Waals surface area contributed by atoms with Crippen molar-refractivity contribution in [3.05, 3.63) is 75.4 Å². The Kier molecular flexibility index (Phi) is 5.95. The molecule has 2 N–H and O–H groups in total. The number of halogens is 2. The van der Waals surface area contributed by atoms with Crippen LogP contribution in [0.4, 0.5) is 16.5 Å². The van der Waals surface area contributed by atoms with Crippen molar-refractivity contribution in [2.45, 2.75) is 11.8 Å². The first-order valence-electron chi connectivity index (χ1n) is 9.01. The molecule has 1 aliphatic rings. The molecule has 2 aromatic carbocycles. The third-order valence-corrected chi connectivity index (χ3v) is 7.27. The van der Waals surface area contributed by atoms with Crippen LogP contribution in [0.5, 0.6) is 0 Å². The third kappa shape index (κ3) is 4.22. The first-order chi connectivity index (χ1) is 15.2. The Morgan fingerprint density at radius 2 is 1.75 bits per heavy atom. The quantitative estimate of drug-likeness (QED) is 0.479. The predicted octanol–water partition coefficient (Wildman–Crippen LogP) is 4.34. The Balaban J connectivity index is 1.55. The van der Waals surface area contributed by atoms with Crippen molar-refractivity contribution in [2.75, 3.05) is 14.9 Å². The average Bonchev–Trinajstić information content (AvgIpc) is 3.31. The maximum absolute atomic E-state index is 12.9. The molecule has 8 nitrogen and oxygen atoms in total. The summed E-state index contributed by atoms with van der Waals surface area (Å²) in [6.45, 7) is 1.72. The minimum absolute atomic E-state index is 0.00515. The van der Waals surface area contributed by atoms with E-state index >= 15 is 0 Å². The van der Waals surface area contributed by atoms with Gasteiger partial charge in [0.15, 0.2) is 5.13 Å². The van der Waals surface area contributed by atoms with Crippen LogP contribution in [0.2, 0.25) is 5.02 Å². The number of thiazole rings is 1. The van der Waals surface area contributed by atoms with Crippen LogP contribution in [0.25, 0.3) is 0 Å². The van der Waals surface area contributed by atoms with Crippen molar-refractivity contribution in [3.63, 3.8) is 0 Å². The molecule has 1 aromatic heterocycles. The number of imide groups is 1. The van der Waals surface area contributed by atoms with Crippen molar-refractivity contribution in [3.8, 4) is 0 Å². The second-order valence-corrected chi connectivity index (χ2v) is 10.0. The van der Waals surface area contributed by atoms with Crippen LogP contribution < -0.4 is 14.9 Å². The summed E-state index contributed by atoms with van der Waals surface area (Å²) < 4.78 is 27.3. The van der Waals surface area contributed by atoms with Crippen LogP contribution in [0.1, 0.15) is 5.56 Å². The van der Waals surface area contributed by atoms with E-state index in [-0.39, 0.29) is 20.8 Å². The third-order valence-electron chi connectivity index (χ3n) is 4.51. The number of aryl methyl sites for hydroxylation is 1. The first-order valence-corrected chi connectivity index (χ1v) is 12.1. The van der Waals surface area contributed by atoms with Gasteiger partial charge in [-0.3, -0.25) is 14.3 Å². The van der Waals surface area contributed by atoms with E-state index in [1.807, 2.05) is 0 Å². The number of amides is 2. The molecule has 0 unspecified atom stereocenters. The number of hydrogen-bond acceptors (Lipinski definition) is 7. The van der Waals surface area contributed by atoms with Crippen LogP contribution in [0.15, 0.2) is 69.7 Å². The second kappa shape index (κ2) is 8.55. The second-order valence-electron chi connectivity index (χ2n) is 6.66. The van der Waals surface area contributed by atoms with Crippen molar-refractivity contribution in [1.82, 2.24) is 4.98 Å². The fourth-order valence-electron chi connectivity index (χ4n) is 3.01. The summed E-state index contributed by atoms with van der Waals surface area (Å²) in [6.07, 6.45) is 1.49. The van der Waals surface area contributed by atoms with Crippen LogP contribution in [-0.2, 0) is 19.6 Å². The van der Waals surface area contributed by atoms with Gasteiger partial charge in [-0.25, -0.2) is 18.3 Å². The molecule has 0 radical (unpaired) electrons. The monoisotopic (exact) mass is 508 g/mol. The molecule has 0 saturated carbocycles. The fraction of sp³-hybridized carbons (Fsp3) is 0.0500. The summed E-state index contributed by atoms with van der Waals surface area (Å²) in [6, 6.07) is 10.4.